The quantitative estimate of drug-likeness (QED) is 0.387. The first-order valence-electron chi connectivity index (χ1n) is 12.3. The maximum Gasteiger partial charge on any atom is 0.252 e. The smallest absolute Gasteiger partial charge is 0.252 e. The lowest BCUT2D eigenvalue weighted by Gasteiger charge is -2.48. The van der Waals surface area contributed by atoms with E-state index in [2.05, 4.69) is 28.6 Å². The van der Waals surface area contributed by atoms with Crippen LogP contribution >= 0.6 is 0 Å². The lowest BCUT2D eigenvalue weighted by atomic mass is 9.93. The molecule has 6 nitrogen and oxygen atoms in total. The number of aromatic nitrogens is 2. The first-order valence-corrected chi connectivity index (χ1v) is 12.3. The van der Waals surface area contributed by atoms with Crippen LogP contribution in [0.2, 0.25) is 0 Å². The summed E-state index contributed by atoms with van der Waals surface area (Å²) in [7, 11) is 3.31. The van der Waals surface area contributed by atoms with Gasteiger partial charge in [-0.15, -0.1) is 0 Å². The van der Waals surface area contributed by atoms with Crippen LogP contribution in [0.3, 0.4) is 0 Å². The van der Waals surface area contributed by atoms with Crippen molar-refractivity contribution < 1.29 is 13.5 Å². The monoisotopic (exact) mass is 504 g/mol. The summed E-state index contributed by atoms with van der Waals surface area (Å²) in [4.78, 5) is 22.1. The highest BCUT2D eigenvalue weighted by Crippen LogP contribution is 2.36. The van der Waals surface area contributed by atoms with Gasteiger partial charge in [-0.2, -0.15) is 0 Å². The number of nitrogens with zero attached hydrogens (tertiary/aromatic N) is 4. The maximum atomic E-state index is 13.8. The third kappa shape index (κ3) is 4.69. The Kier molecular flexibility index (Phi) is 6.69. The van der Waals surface area contributed by atoms with Gasteiger partial charge in [0.1, 0.15) is 17.2 Å². The fourth-order valence-electron chi connectivity index (χ4n) is 5.34. The number of hydrogen-bond acceptors (Lipinski definition) is 5. The molecule has 1 fully saturated rings. The highest BCUT2D eigenvalue weighted by atomic mass is 19.1. The van der Waals surface area contributed by atoms with E-state index in [0.29, 0.717) is 24.5 Å². The topological polar surface area (TPSA) is 50.6 Å². The molecule has 0 bridgehead atoms. The van der Waals surface area contributed by atoms with Crippen LogP contribution in [0, 0.1) is 11.6 Å². The van der Waals surface area contributed by atoms with Crippen LogP contribution in [-0.4, -0.2) is 46.7 Å². The summed E-state index contributed by atoms with van der Waals surface area (Å²) in [6.07, 6.45) is 0. The van der Waals surface area contributed by atoms with Gasteiger partial charge in [0.2, 0.25) is 5.88 Å². The molecular weight excluding hydrogens is 474 g/mol. The molecule has 0 aliphatic carbocycles. The molecule has 1 saturated heterocycles. The van der Waals surface area contributed by atoms with E-state index in [1.165, 1.54) is 24.3 Å². The summed E-state index contributed by atoms with van der Waals surface area (Å²) in [5.74, 6) is -0.110. The van der Waals surface area contributed by atoms with E-state index in [4.69, 9.17) is 4.74 Å². The molecule has 8 heteroatoms. The number of ether oxygens (including phenoxy) is 1. The average molecular weight is 505 g/mol. The minimum atomic E-state index is -0.298. The van der Waals surface area contributed by atoms with Crippen LogP contribution in [-0.2, 0) is 7.05 Å². The van der Waals surface area contributed by atoms with Crippen LogP contribution in [0.5, 0.6) is 5.88 Å². The Labute approximate surface area is 214 Å². The van der Waals surface area contributed by atoms with Gasteiger partial charge in [0.05, 0.1) is 24.4 Å². The number of methoxy groups -OCH3 is 1. The van der Waals surface area contributed by atoms with E-state index in [1.54, 1.807) is 55.1 Å². The molecule has 2 aromatic heterocycles. The molecule has 1 aliphatic rings. The summed E-state index contributed by atoms with van der Waals surface area (Å²) < 4.78 is 34.5. The van der Waals surface area contributed by atoms with Crippen LogP contribution in [0.1, 0.15) is 31.0 Å². The molecule has 37 heavy (non-hydrogen) atoms. The molecule has 2 aromatic carbocycles. The van der Waals surface area contributed by atoms with Crippen LogP contribution in [0.15, 0.2) is 71.5 Å². The van der Waals surface area contributed by atoms with Gasteiger partial charge in [-0.3, -0.25) is 9.69 Å². The number of piperazine rings is 1. The summed E-state index contributed by atoms with van der Waals surface area (Å²) in [6, 6.07) is 18.2. The van der Waals surface area contributed by atoms with Crippen molar-refractivity contribution in [3.05, 3.63) is 99.8 Å². The zero-order valence-corrected chi connectivity index (χ0v) is 21.4. The van der Waals surface area contributed by atoms with Gasteiger partial charge in [0.25, 0.3) is 5.56 Å². The van der Waals surface area contributed by atoms with Crippen molar-refractivity contribution in [1.82, 2.24) is 14.5 Å². The molecule has 0 amide bonds. The van der Waals surface area contributed by atoms with E-state index in [1.807, 2.05) is 6.07 Å². The van der Waals surface area contributed by atoms with E-state index in [9.17, 15) is 13.6 Å². The molecular formula is C29H30F2N4O2. The molecule has 1 aliphatic heterocycles. The summed E-state index contributed by atoms with van der Waals surface area (Å²) in [5.41, 5.74) is 3.99. The number of pyridine rings is 2. The number of anilines is 1. The van der Waals surface area contributed by atoms with Crippen LogP contribution < -0.4 is 15.2 Å². The summed E-state index contributed by atoms with van der Waals surface area (Å²) in [5, 5.41) is 0. The Hall–Kier alpha value is -3.78. The first kappa shape index (κ1) is 24.9. The zero-order chi connectivity index (χ0) is 26.3. The van der Waals surface area contributed by atoms with Gasteiger partial charge in [0, 0.05) is 44.4 Å². The maximum absolute atomic E-state index is 13.8. The Morgan fingerprint density at radius 3 is 2.05 bits per heavy atom. The van der Waals surface area contributed by atoms with Gasteiger partial charge in [-0.25, -0.2) is 13.8 Å². The molecule has 0 saturated carbocycles. The molecule has 5 rings (SSSR count). The SMILES string of the molecule is COc1ccc2c(n1)c(N1CC(C)N(C(c3ccc(F)cc3)c3ccc(F)cc3)C[C@@H]1C)cc(=O)n2C. The number of hydrogen-bond donors (Lipinski definition) is 0. The van der Waals surface area contributed by atoms with Crippen molar-refractivity contribution >= 4 is 16.7 Å². The highest BCUT2D eigenvalue weighted by molar-refractivity contribution is 5.89. The minimum absolute atomic E-state index is 0.0305. The summed E-state index contributed by atoms with van der Waals surface area (Å²) >= 11 is 0. The fourth-order valence-corrected chi connectivity index (χ4v) is 5.34. The zero-order valence-electron chi connectivity index (χ0n) is 21.4. The number of aryl methyl sites for hydroxylation is 1. The molecule has 2 atom stereocenters. The van der Waals surface area contributed by atoms with Crippen molar-refractivity contribution in [2.75, 3.05) is 25.1 Å². The molecule has 0 spiro atoms. The second-order valence-electron chi connectivity index (χ2n) is 9.70. The van der Waals surface area contributed by atoms with Crippen molar-refractivity contribution in [3.8, 4) is 5.88 Å². The highest BCUT2D eigenvalue weighted by Gasteiger charge is 2.36. The Morgan fingerprint density at radius 1 is 0.892 bits per heavy atom. The average Bonchev–Trinajstić information content (AvgIpc) is 2.90. The third-order valence-electron chi connectivity index (χ3n) is 7.30. The number of benzene rings is 2. The van der Waals surface area contributed by atoms with Gasteiger partial charge < -0.3 is 14.2 Å². The summed E-state index contributed by atoms with van der Waals surface area (Å²) in [6.45, 7) is 5.56. The largest absolute Gasteiger partial charge is 0.481 e. The normalized spacial score (nSPS) is 18.5. The van der Waals surface area contributed by atoms with E-state index < -0.39 is 0 Å². The Morgan fingerprint density at radius 2 is 1.49 bits per heavy atom. The molecule has 0 N–H and O–H groups in total. The van der Waals surface area contributed by atoms with E-state index >= 15 is 0 Å². The van der Waals surface area contributed by atoms with E-state index in [0.717, 1.165) is 22.3 Å². The lowest BCUT2D eigenvalue weighted by Crippen LogP contribution is -2.57. The van der Waals surface area contributed by atoms with Gasteiger partial charge >= 0.3 is 0 Å². The van der Waals surface area contributed by atoms with Crippen LogP contribution in [0.25, 0.3) is 11.0 Å². The fraction of sp³-hybridized carbons (Fsp3) is 0.310. The van der Waals surface area contributed by atoms with Crippen LogP contribution in [0.4, 0.5) is 14.5 Å². The Bertz CT molecular complexity index is 1430. The number of rotatable bonds is 5. The molecule has 1 unspecified atom stereocenters. The second kappa shape index (κ2) is 9.94. The minimum Gasteiger partial charge on any atom is -0.481 e. The third-order valence-corrected chi connectivity index (χ3v) is 7.30. The standard InChI is InChI=1S/C29H30F2N4O2/c1-18-17-35(29(20-5-9-22(30)10-6-20)21-7-11-23(31)12-8-21)19(2)16-34(18)25-15-27(36)33(3)24-13-14-26(37-4)32-28(24)25/h5-15,18-19,29H,16-17H2,1-4H3/t18-,19?/m0/s1. The van der Waals surface area contributed by atoms with Crippen molar-refractivity contribution in [3.63, 3.8) is 0 Å². The van der Waals surface area contributed by atoms with Crippen molar-refractivity contribution in [2.45, 2.75) is 32.0 Å². The van der Waals surface area contributed by atoms with Crippen molar-refractivity contribution in [1.29, 1.82) is 0 Å². The number of halogens is 2. The van der Waals surface area contributed by atoms with Gasteiger partial charge in [0.15, 0.2) is 0 Å². The van der Waals surface area contributed by atoms with Gasteiger partial charge in [-0.05, 0) is 55.3 Å². The van der Waals surface area contributed by atoms with Crippen molar-refractivity contribution in [2.24, 2.45) is 7.05 Å². The second-order valence-corrected chi connectivity index (χ2v) is 9.70. The molecule has 3 heterocycles. The van der Waals surface area contributed by atoms with E-state index in [-0.39, 0.29) is 35.3 Å². The Balaban J connectivity index is 1.54. The molecule has 0 radical (unpaired) electrons. The van der Waals surface area contributed by atoms with Gasteiger partial charge in [-0.1, -0.05) is 24.3 Å². The predicted octanol–water partition coefficient (Wildman–Crippen LogP) is 4.91. The molecule has 4 aromatic rings. The predicted molar refractivity (Wildman–Crippen MR) is 141 cm³/mol. The lowest BCUT2D eigenvalue weighted by molar-refractivity contribution is 0.130. The number of fused-ring (bicyclic) bond motifs is 1. The first-order chi connectivity index (χ1) is 17.8. The molecule has 192 valence electrons.